The summed E-state index contributed by atoms with van der Waals surface area (Å²) in [5, 5.41) is 3.32. The molecule has 0 fully saturated rings. The lowest BCUT2D eigenvalue weighted by atomic mass is 10.1. The van der Waals surface area contributed by atoms with Gasteiger partial charge in [0.25, 0.3) is 11.8 Å². The predicted molar refractivity (Wildman–Crippen MR) is 90.7 cm³/mol. The van der Waals surface area contributed by atoms with Gasteiger partial charge in [-0.15, -0.1) is 0 Å². The highest BCUT2D eigenvalue weighted by molar-refractivity contribution is 6.35. The van der Waals surface area contributed by atoms with Crippen molar-refractivity contribution in [2.75, 3.05) is 0 Å². The highest BCUT2D eigenvalue weighted by Gasteiger charge is 2.14. The van der Waals surface area contributed by atoms with Crippen molar-refractivity contribution in [2.45, 2.75) is 0 Å². The number of halogens is 2. The van der Waals surface area contributed by atoms with Gasteiger partial charge < -0.3 is 5.32 Å². The maximum absolute atomic E-state index is 12.2. The van der Waals surface area contributed by atoms with Crippen LogP contribution in [-0.4, -0.2) is 11.8 Å². The quantitative estimate of drug-likeness (QED) is 0.343. The minimum Gasteiger partial charge on any atom is -0.317 e. The summed E-state index contributed by atoms with van der Waals surface area (Å²) in [6, 6.07) is 13.3. The number of hydrogen-bond acceptors (Lipinski definition) is 3. The van der Waals surface area contributed by atoms with Crippen LogP contribution in [0.25, 0.3) is 6.08 Å². The normalized spacial score (nSPS) is 11.0. The zero-order chi connectivity index (χ0) is 16.8. The number of hydrogen-bond donors (Lipinski definition) is 3. The van der Waals surface area contributed by atoms with E-state index in [1.54, 1.807) is 42.5 Å². The van der Waals surface area contributed by atoms with Crippen molar-refractivity contribution in [3.8, 4) is 0 Å². The summed E-state index contributed by atoms with van der Waals surface area (Å²) in [6.45, 7) is 0. The molecule has 0 unspecified atom stereocenters. The van der Waals surface area contributed by atoms with E-state index in [-0.39, 0.29) is 5.70 Å². The molecule has 0 heterocycles. The zero-order valence-corrected chi connectivity index (χ0v) is 13.4. The number of nitrogens with one attached hydrogen (secondary N) is 2. The lowest BCUT2D eigenvalue weighted by molar-refractivity contribution is -0.117. The van der Waals surface area contributed by atoms with Crippen molar-refractivity contribution in [2.24, 2.45) is 5.84 Å². The first kappa shape index (κ1) is 17.0. The third kappa shape index (κ3) is 4.56. The van der Waals surface area contributed by atoms with E-state index in [1.807, 2.05) is 5.43 Å². The molecule has 4 N–H and O–H groups in total. The van der Waals surface area contributed by atoms with Crippen LogP contribution < -0.4 is 16.6 Å². The molecular weight excluding hydrogens is 337 g/mol. The van der Waals surface area contributed by atoms with Crippen molar-refractivity contribution in [1.29, 1.82) is 0 Å². The first-order valence-corrected chi connectivity index (χ1v) is 7.31. The van der Waals surface area contributed by atoms with Crippen LogP contribution in [0.2, 0.25) is 10.0 Å². The van der Waals surface area contributed by atoms with E-state index >= 15 is 0 Å². The van der Waals surface area contributed by atoms with E-state index in [0.29, 0.717) is 21.2 Å². The molecule has 0 atom stereocenters. The van der Waals surface area contributed by atoms with Crippen molar-refractivity contribution in [3.63, 3.8) is 0 Å². The van der Waals surface area contributed by atoms with Gasteiger partial charge in [0.15, 0.2) is 0 Å². The van der Waals surface area contributed by atoms with Gasteiger partial charge in [-0.05, 0) is 35.9 Å². The van der Waals surface area contributed by atoms with E-state index in [4.69, 9.17) is 29.0 Å². The molecule has 0 aromatic heterocycles. The Morgan fingerprint density at radius 3 is 2.35 bits per heavy atom. The summed E-state index contributed by atoms with van der Waals surface area (Å²) < 4.78 is 0. The van der Waals surface area contributed by atoms with E-state index < -0.39 is 11.8 Å². The first-order valence-electron chi connectivity index (χ1n) is 6.55. The number of benzene rings is 2. The molecule has 118 valence electrons. The second kappa shape index (κ2) is 7.78. The Morgan fingerprint density at radius 2 is 1.74 bits per heavy atom. The molecule has 5 nitrogen and oxygen atoms in total. The van der Waals surface area contributed by atoms with Crippen molar-refractivity contribution < 1.29 is 9.59 Å². The fraction of sp³-hybridized carbons (Fsp3) is 0. The van der Waals surface area contributed by atoms with Crippen LogP contribution in [0.5, 0.6) is 0 Å². The number of nitrogens with two attached hydrogens (primary N) is 1. The molecule has 0 saturated heterocycles. The van der Waals surface area contributed by atoms with Gasteiger partial charge in [0.05, 0.1) is 0 Å². The average Bonchev–Trinajstić information content (AvgIpc) is 2.56. The van der Waals surface area contributed by atoms with Gasteiger partial charge in [0.2, 0.25) is 0 Å². The van der Waals surface area contributed by atoms with Crippen molar-refractivity contribution in [1.82, 2.24) is 10.7 Å². The maximum Gasteiger partial charge on any atom is 0.281 e. The van der Waals surface area contributed by atoms with E-state index in [2.05, 4.69) is 5.32 Å². The number of carbonyl (C=O) groups is 2. The van der Waals surface area contributed by atoms with Crippen LogP contribution in [0, 0.1) is 0 Å². The fourth-order valence-electron chi connectivity index (χ4n) is 1.79. The topological polar surface area (TPSA) is 84.2 Å². The van der Waals surface area contributed by atoms with Crippen LogP contribution in [0.15, 0.2) is 54.2 Å². The minimum atomic E-state index is -0.653. The van der Waals surface area contributed by atoms with E-state index in [1.165, 1.54) is 12.1 Å². The second-order valence-corrected chi connectivity index (χ2v) is 5.36. The predicted octanol–water partition coefficient (Wildman–Crippen LogP) is 2.75. The number of carbonyl (C=O) groups excluding carboxylic acids is 2. The lowest BCUT2D eigenvalue weighted by Gasteiger charge is -2.09. The van der Waals surface area contributed by atoms with Gasteiger partial charge in [0.1, 0.15) is 5.70 Å². The van der Waals surface area contributed by atoms with Gasteiger partial charge in [-0.1, -0.05) is 47.5 Å². The van der Waals surface area contributed by atoms with E-state index in [9.17, 15) is 9.59 Å². The van der Waals surface area contributed by atoms with Crippen LogP contribution in [0.3, 0.4) is 0 Å². The summed E-state index contributed by atoms with van der Waals surface area (Å²) in [5.74, 6) is 4.07. The summed E-state index contributed by atoms with van der Waals surface area (Å²) >= 11 is 11.9. The Labute approximate surface area is 143 Å². The van der Waals surface area contributed by atoms with Crippen LogP contribution in [0.1, 0.15) is 15.9 Å². The largest absolute Gasteiger partial charge is 0.317 e. The average molecular weight is 350 g/mol. The first-order chi connectivity index (χ1) is 11.0. The zero-order valence-electron chi connectivity index (χ0n) is 11.8. The van der Waals surface area contributed by atoms with Gasteiger partial charge in [0, 0.05) is 15.6 Å². The van der Waals surface area contributed by atoms with Crippen molar-refractivity contribution >= 4 is 41.1 Å². The molecule has 0 bridgehead atoms. The third-order valence-corrected chi connectivity index (χ3v) is 3.48. The number of hydrazine groups is 1. The summed E-state index contributed by atoms with van der Waals surface area (Å²) in [4.78, 5) is 24.1. The molecule has 2 aromatic carbocycles. The number of amides is 2. The lowest BCUT2D eigenvalue weighted by Crippen LogP contribution is -2.38. The Hall–Kier alpha value is -2.34. The number of rotatable bonds is 4. The molecular formula is C16H13Cl2N3O2. The summed E-state index contributed by atoms with van der Waals surface area (Å²) in [7, 11) is 0. The SMILES string of the molecule is NNC(=O)/C(=C\c1ccc(Cl)cc1Cl)NC(=O)c1ccccc1. The van der Waals surface area contributed by atoms with Gasteiger partial charge in [-0.3, -0.25) is 15.0 Å². The Kier molecular flexibility index (Phi) is 5.76. The molecule has 0 aliphatic carbocycles. The standard InChI is InChI=1S/C16H13Cl2N3O2/c17-12-7-6-11(13(18)9-12)8-14(16(23)21-19)20-15(22)10-4-2-1-3-5-10/h1-9H,19H2,(H,20,22)(H,21,23)/b14-8+. The molecule has 0 aliphatic rings. The molecule has 0 aliphatic heterocycles. The van der Waals surface area contributed by atoms with Crippen LogP contribution in [-0.2, 0) is 4.79 Å². The Morgan fingerprint density at radius 1 is 1.04 bits per heavy atom. The van der Waals surface area contributed by atoms with Gasteiger partial charge >= 0.3 is 0 Å². The molecule has 7 heteroatoms. The van der Waals surface area contributed by atoms with Gasteiger partial charge in [-0.2, -0.15) is 0 Å². The fourth-order valence-corrected chi connectivity index (χ4v) is 2.26. The smallest absolute Gasteiger partial charge is 0.281 e. The minimum absolute atomic E-state index is 0.0365. The molecule has 0 radical (unpaired) electrons. The molecule has 2 aromatic rings. The Bertz CT molecular complexity index is 761. The Balaban J connectivity index is 2.32. The van der Waals surface area contributed by atoms with Crippen LogP contribution in [0.4, 0.5) is 0 Å². The van der Waals surface area contributed by atoms with Gasteiger partial charge in [-0.25, -0.2) is 5.84 Å². The second-order valence-electron chi connectivity index (χ2n) is 4.52. The maximum atomic E-state index is 12.2. The van der Waals surface area contributed by atoms with Crippen LogP contribution >= 0.6 is 23.2 Å². The van der Waals surface area contributed by atoms with Crippen molar-refractivity contribution in [3.05, 3.63) is 75.4 Å². The summed E-state index contributed by atoms with van der Waals surface area (Å²) in [5.41, 5.74) is 2.87. The van der Waals surface area contributed by atoms with E-state index in [0.717, 1.165) is 0 Å². The third-order valence-electron chi connectivity index (χ3n) is 2.92. The summed E-state index contributed by atoms with van der Waals surface area (Å²) in [6.07, 6.45) is 1.42. The molecule has 2 amide bonds. The molecule has 23 heavy (non-hydrogen) atoms. The monoisotopic (exact) mass is 349 g/mol. The molecule has 0 saturated carbocycles. The highest BCUT2D eigenvalue weighted by atomic mass is 35.5. The molecule has 2 rings (SSSR count). The highest BCUT2D eigenvalue weighted by Crippen LogP contribution is 2.22. The molecule has 0 spiro atoms.